The van der Waals surface area contributed by atoms with Crippen LogP contribution in [0.2, 0.25) is 0 Å². The maximum absolute atomic E-state index is 4.75. The van der Waals surface area contributed by atoms with E-state index in [-0.39, 0.29) is 0 Å². The summed E-state index contributed by atoms with van der Waals surface area (Å²) in [4.78, 5) is 15.8. The van der Waals surface area contributed by atoms with E-state index in [1.54, 1.807) is 12.4 Å². The van der Waals surface area contributed by atoms with E-state index < -0.39 is 0 Å². The molecule has 0 atom stereocenters. The van der Waals surface area contributed by atoms with Crippen molar-refractivity contribution in [2.75, 3.05) is 18.0 Å². The van der Waals surface area contributed by atoms with Gasteiger partial charge in [0.2, 0.25) is 0 Å². The molecule has 3 heterocycles. The Kier molecular flexibility index (Phi) is 3.39. The van der Waals surface area contributed by atoms with E-state index in [2.05, 4.69) is 44.9 Å². The van der Waals surface area contributed by atoms with E-state index in [0.717, 1.165) is 35.8 Å². The van der Waals surface area contributed by atoms with Crippen LogP contribution in [0.5, 0.6) is 0 Å². The Balaban J connectivity index is 1.55. The first-order valence-electron chi connectivity index (χ1n) is 7.69. The van der Waals surface area contributed by atoms with Crippen LogP contribution in [0, 0.1) is 11.8 Å². The molecule has 0 amide bonds. The molecule has 1 fully saturated rings. The van der Waals surface area contributed by atoms with Gasteiger partial charge in [0.1, 0.15) is 11.5 Å². The lowest BCUT2D eigenvalue weighted by Gasteiger charge is -2.40. The van der Waals surface area contributed by atoms with E-state index in [9.17, 15) is 0 Å². The minimum atomic E-state index is 0.368. The minimum absolute atomic E-state index is 0.368. The van der Waals surface area contributed by atoms with Gasteiger partial charge in [-0.15, -0.1) is 0 Å². The highest BCUT2D eigenvalue weighted by atomic mass is 15.2. The summed E-state index contributed by atoms with van der Waals surface area (Å²) in [5.41, 5.74) is 2.83. The highest BCUT2D eigenvalue weighted by Crippen LogP contribution is 2.31. The lowest BCUT2D eigenvalue weighted by atomic mass is 9.94. The molecule has 2 aromatic heterocycles. The number of hydrogen-bond acceptors (Lipinski definition) is 4. The maximum Gasteiger partial charge on any atom is 0.135 e. The first kappa shape index (κ1) is 13.7. The number of para-hydroxylation sites is 1. The molecular formula is C19H16N4. The van der Waals surface area contributed by atoms with Crippen LogP contribution in [0.4, 0.5) is 5.82 Å². The van der Waals surface area contributed by atoms with Crippen molar-refractivity contribution in [1.29, 1.82) is 0 Å². The second-order valence-corrected chi connectivity index (χ2v) is 5.63. The summed E-state index contributed by atoms with van der Waals surface area (Å²) in [6.07, 6.45) is 3.44. The molecule has 1 aliphatic rings. The van der Waals surface area contributed by atoms with Gasteiger partial charge in [0.15, 0.2) is 0 Å². The number of hydrogen-bond donors (Lipinski definition) is 0. The fourth-order valence-electron chi connectivity index (χ4n) is 2.93. The first-order chi connectivity index (χ1) is 11.3. The topological polar surface area (TPSA) is 41.9 Å². The normalized spacial score (nSPS) is 14.2. The fourth-order valence-corrected chi connectivity index (χ4v) is 2.93. The lowest BCUT2D eigenvalue weighted by Crippen LogP contribution is -2.46. The van der Waals surface area contributed by atoms with Crippen LogP contribution in [0.3, 0.4) is 0 Å². The van der Waals surface area contributed by atoms with Crippen molar-refractivity contribution in [3.05, 3.63) is 60.2 Å². The van der Waals surface area contributed by atoms with Crippen molar-refractivity contribution >= 4 is 16.7 Å². The quantitative estimate of drug-likeness (QED) is 0.682. The Hall–Kier alpha value is -2.93. The highest BCUT2D eigenvalue weighted by Gasteiger charge is 2.32. The average Bonchev–Trinajstić information content (AvgIpc) is 2.55. The van der Waals surface area contributed by atoms with Crippen LogP contribution in [0.1, 0.15) is 24.2 Å². The third kappa shape index (κ3) is 2.51. The van der Waals surface area contributed by atoms with Crippen molar-refractivity contribution in [2.24, 2.45) is 0 Å². The fraction of sp³-hybridized carbons (Fsp3) is 0.211. The van der Waals surface area contributed by atoms with Crippen molar-refractivity contribution in [2.45, 2.75) is 12.8 Å². The summed E-state index contributed by atoms with van der Waals surface area (Å²) in [5, 5.41) is 1.17. The molecule has 0 unspecified atom stereocenters. The number of aromatic nitrogens is 3. The number of benzene rings is 1. The van der Waals surface area contributed by atoms with Gasteiger partial charge in [-0.25, -0.2) is 9.97 Å². The minimum Gasteiger partial charge on any atom is -0.355 e. The predicted octanol–water partition coefficient (Wildman–Crippen LogP) is 3.00. The van der Waals surface area contributed by atoms with Gasteiger partial charge in [0, 0.05) is 36.8 Å². The van der Waals surface area contributed by atoms with Crippen LogP contribution >= 0.6 is 0 Å². The molecule has 1 aliphatic heterocycles. The summed E-state index contributed by atoms with van der Waals surface area (Å²) >= 11 is 0. The molecule has 0 saturated carbocycles. The smallest absolute Gasteiger partial charge is 0.135 e. The number of rotatable bonds is 2. The molecule has 4 nitrogen and oxygen atoms in total. The zero-order chi connectivity index (χ0) is 15.6. The zero-order valence-electron chi connectivity index (χ0n) is 12.9. The molecule has 0 radical (unpaired) electrons. The standard InChI is InChI=1S/C19H16N4/c1-2-5-17-19(21-11-10-20-17)15-12-23(13-15)18-9-8-14-6-3-4-7-16(14)22-18/h3-4,6-11,15H,12-13H2,1H3. The van der Waals surface area contributed by atoms with Gasteiger partial charge in [-0.05, 0) is 31.0 Å². The van der Waals surface area contributed by atoms with Crippen LogP contribution in [-0.4, -0.2) is 28.0 Å². The molecular weight excluding hydrogens is 284 g/mol. The van der Waals surface area contributed by atoms with Gasteiger partial charge in [-0.1, -0.05) is 24.1 Å². The second-order valence-electron chi connectivity index (χ2n) is 5.63. The van der Waals surface area contributed by atoms with Crippen molar-refractivity contribution in [3.8, 4) is 11.8 Å². The SMILES string of the molecule is CC#Cc1nccnc1C1CN(c2ccc3ccccc3n2)C1. The van der Waals surface area contributed by atoms with Crippen LogP contribution < -0.4 is 4.90 Å². The summed E-state index contributed by atoms with van der Waals surface area (Å²) in [5.74, 6) is 7.35. The molecule has 0 bridgehead atoms. The Morgan fingerprint density at radius 3 is 2.74 bits per heavy atom. The summed E-state index contributed by atoms with van der Waals surface area (Å²) in [6, 6.07) is 12.4. The lowest BCUT2D eigenvalue weighted by molar-refractivity contribution is 0.507. The summed E-state index contributed by atoms with van der Waals surface area (Å²) < 4.78 is 0. The Labute approximate surface area is 135 Å². The third-order valence-electron chi connectivity index (χ3n) is 4.15. The first-order valence-corrected chi connectivity index (χ1v) is 7.69. The van der Waals surface area contributed by atoms with Crippen molar-refractivity contribution in [3.63, 3.8) is 0 Å². The largest absolute Gasteiger partial charge is 0.355 e. The van der Waals surface area contributed by atoms with Crippen molar-refractivity contribution < 1.29 is 0 Å². The van der Waals surface area contributed by atoms with Gasteiger partial charge in [0.25, 0.3) is 0 Å². The van der Waals surface area contributed by atoms with E-state index in [1.807, 2.05) is 25.1 Å². The van der Waals surface area contributed by atoms with Gasteiger partial charge in [-0.3, -0.25) is 4.98 Å². The Morgan fingerprint density at radius 2 is 1.87 bits per heavy atom. The predicted molar refractivity (Wildman–Crippen MR) is 91.3 cm³/mol. The molecule has 112 valence electrons. The molecule has 0 aliphatic carbocycles. The van der Waals surface area contributed by atoms with Crippen molar-refractivity contribution in [1.82, 2.24) is 15.0 Å². The number of pyridine rings is 1. The van der Waals surface area contributed by atoms with Gasteiger partial charge in [0.05, 0.1) is 11.2 Å². The van der Waals surface area contributed by atoms with Gasteiger partial charge >= 0.3 is 0 Å². The number of anilines is 1. The molecule has 1 saturated heterocycles. The van der Waals surface area contributed by atoms with Gasteiger partial charge in [-0.2, -0.15) is 0 Å². The molecule has 4 heteroatoms. The van der Waals surface area contributed by atoms with E-state index >= 15 is 0 Å². The van der Waals surface area contributed by atoms with Gasteiger partial charge < -0.3 is 4.90 Å². The average molecular weight is 300 g/mol. The van der Waals surface area contributed by atoms with E-state index in [1.165, 1.54) is 5.39 Å². The molecule has 1 aromatic carbocycles. The zero-order valence-corrected chi connectivity index (χ0v) is 12.9. The molecule has 4 rings (SSSR count). The number of fused-ring (bicyclic) bond motifs is 1. The van der Waals surface area contributed by atoms with Crippen LogP contribution in [0.25, 0.3) is 10.9 Å². The molecule has 0 spiro atoms. The third-order valence-corrected chi connectivity index (χ3v) is 4.15. The molecule has 0 N–H and O–H groups in total. The van der Waals surface area contributed by atoms with E-state index in [4.69, 9.17) is 4.98 Å². The number of nitrogens with zero attached hydrogens (tertiary/aromatic N) is 4. The van der Waals surface area contributed by atoms with E-state index in [0.29, 0.717) is 5.92 Å². The monoisotopic (exact) mass is 300 g/mol. The maximum atomic E-state index is 4.75. The second kappa shape index (κ2) is 5.69. The summed E-state index contributed by atoms with van der Waals surface area (Å²) in [7, 11) is 0. The highest BCUT2D eigenvalue weighted by molar-refractivity contribution is 5.80. The Morgan fingerprint density at radius 1 is 1.04 bits per heavy atom. The van der Waals surface area contributed by atoms with Crippen LogP contribution in [0.15, 0.2) is 48.8 Å². The Bertz CT molecular complexity index is 917. The summed E-state index contributed by atoms with van der Waals surface area (Å²) in [6.45, 7) is 3.63. The molecule has 23 heavy (non-hydrogen) atoms. The van der Waals surface area contributed by atoms with Crippen LogP contribution in [-0.2, 0) is 0 Å². The molecule has 3 aromatic rings.